The third-order valence-electron chi connectivity index (χ3n) is 1.81. The van der Waals surface area contributed by atoms with Crippen molar-refractivity contribution in [2.75, 3.05) is 5.75 Å². The smallest absolute Gasteiger partial charge is 0.258 e. The van der Waals surface area contributed by atoms with Gasteiger partial charge in [0, 0.05) is 11.6 Å². The highest BCUT2D eigenvalue weighted by Crippen LogP contribution is 2.36. The number of nitrogens with zero attached hydrogens (tertiary/aromatic N) is 1. The van der Waals surface area contributed by atoms with Gasteiger partial charge in [0.2, 0.25) is 0 Å². The van der Waals surface area contributed by atoms with Crippen molar-refractivity contribution in [3.8, 4) is 11.8 Å². The van der Waals surface area contributed by atoms with E-state index in [1.165, 1.54) is 0 Å². The maximum atomic E-state index is 12.4. The molecule has 1 aromatic carbocycles. The van der Waals surface area contributed by atoms with Crippen LogP contribution in [0, 0.1) is 22.0 Å². The van der Waals surface area contributed by atoms with Crippen LogP contribution in [0.3, 0.4) is 0 Å². The fourth-order valence-electron chi connectivity index (χ4n) is 1.14. The topological polar surface area (TPSA) is 43.1 Å². The molecule has 0 bridgehead atoms. The average molecular weight is 261 g/mol. The van der Waals surface area contributed by atoms with Crippen molar-refractivity contribution >= 4 is 18.3 Å². The van der Waals surface area contributed by atoms with E-state index in [4.69, 9.17) is 0 Å². The van der Waals surface area contributed by atoms with Gasteiger partial charge in [0.1, 0.15) is 5.56 Å². The van der Waals surface area contributed by atoms with Crippen LogP contribution in [-0.4, -0.2) is 10.7 Å². The van der Waals surface area contributed by atoms with E-state index in [-0.39, 0.29) is 11.3 Å². The average Bonchev–Trinajstić information content (AvgIpc) is 2.24. The quantitative estimate of drug-likeness (QED) is 0.365. The zero-order chi connectivity index (χ0) is 13.1. The van der Waals surface area contributed by atoms with E-state index in [2.05, 4.69) is 24.5 Å². The molecule has 0 atom stereocenters. The minimum absolute atomic E-state index is 0.152. The fraction of sp³-hybridized carbons (Fsp3) is 0.200. The lowest BCUT2D eigenvalue weighted by atomic mass is 10.1. The molecule has 1 rings (SSSR count). The van der Waals surface area contributed by atoms with Gasteiger partial charge >= 0.3 is 6.18 Å². The highest BCUT2D eigenvalue weighted by atomic mass is 32.1. The monoisotopic (exact) mass is 261 g/mol. The van der Waals surface area contributed by atoms with Gasteiger partial charge in [0.25, 0.3) is 5.69 Å². The number of hydrogen-bond donors (Lipinski definition) is 1. The van der Waals surface area contributed by atoms with Crippen molar-refractivity contribution < 1.29 is 18.1 Å². The summed E-state index contributed by atoms with van der Waals surface area (Å²) in [4.78, 5) is 9.46. The summed E-state index contributed by atoms with van der Waals surface area (Å²) in [6.45, 7) is 0. The fourth-order valence-corrected chi connectivity index (χ4v) is 1.22. The molecule has 3 nitrogen and oxygen atoms in total. The Kier molecular flexibility index (Phi) is 4.02. The highest BCUT2D eigenvalue weighted by Gasteiger charge is 2.38. The van der Waals surface area contributed by atoms with Crippen molar-refractivity contribution in [2.24, 2.45) is 0 Å². The Morgan fingerprint density at radius 3 is 2.53 bits per heavy atom. The number of benzene rings is 1. The van der Waals surface area contributed by atoms with Crippen LogP contribution < -0.4 is 0 Å². The third-order valence-corrected chi connectivity index (χ3v) is 1.97. The van der Waals surface area contributed by atoms with Gasteiger partial charge < -0.3 is 0 Å². The normalized spacial score (nSPS) is 10.6. The number of hydrogen-bond acceptors (Lipinski definition) is 3. The zero-order valence-electron chi connectivity index (χ0n) is 8.28. The van der Waals surface area contributed by atoms with Gasteiger partial charge in [-0.2, -0.15) is 25.8 Å². The predicted octanol–water partition coefficient (Wildman–Crippen LogP) is 2.89. The Balaban J connectivity index is 3.32. The minimum Gasteiger partial charge on any atom is -0.258 e. The van der Waals surface area contributed by atoms with Gasteiger partial charge in [-0.25, -0.2) is 0 Å². The Labute approximate surface area is 100 Å². The molecule has 0 saturated heterocycles. The molecule has 0 spiro atoms. The Hall–Kier alpha value is -1.68. The van der Waals surface area contributed by atoms with Crippen LogP contribution in [0.15, 0.2) is 18.2 Å². The molecule has 0 amide bonds. The second-order valence-corrected chi connectivity index (χ2v) is 3.26. The first-order chi connectivity index (χ1) is 7.86. The van der Waals surface area contributed by atoms with Crippen LogP contribution >= 0.6 is 12.6 Å². The van der Waals surface area contributed by atoms with E-state index >= 15 is 0 Å². The summed E-state index contributed by atoms with van der Waals surface area (Å²) in [5.41, 5.74) is -2.12. The number of nitro benzene ring substituents is 1. The van der Waals surface area contributed by atoms with E-state index < -0.39 is 22.4 Å². The molecule has 1 aromatic rings. The Bertz CT molecular complexity index is 502. The van der Waals surface area contributed by atoms with Gasteiger partial charge in [-0.05, 0) is 12.1 Å². The first-order valence-corrected chi connectivity index (χ1v) is 4.95. The number of alkyl halides is 3. The van der Waals surface area contributed by atoms with Crippen LogP contribution in [0.1, 0.15) is 11.1 Å². The van der Waals surface area contributed by atoms with Crippen LogP contribution in [0.2, 0.25) is 0 Å². The first-order valence-electron chi connectivity index (χ1n) is 4.31. The van der Waals surface area contributed by atoms with Crippen molar-refractivity contribution in [1.82, 2.24) is 0 Å². The molecule has 0 radical (unpaired) electrons. The molecular formula is C10H6F3NO2S. The van der Waals surface area contributed by atoms with E-state index in [1.54, 1.807) is 0 Å². The third kappa shape index (κ3) is 3.39. The SMILES string of the molecule is O=[N+]([O-])c1cc(C#CCS)ccc1C(F)(F)F. The van der Waals surface area contributed by atoms with Crippen molar-refractivity contribution in [3.05, 3.63) is 39.4 Å². The lowest BCUT2D eigenvalue weighted by Gasteiger charge is -2.07. The van der Waals surface area contributed by atoms with Gasteiger partial charge in [0.05, 0.1) is 10.7 Å². The van der Waals surface area contributed by atoms with Gasteiger partial charge in [-0.15, -0.1) is 0 Å². The second kappa shape index (κ2) is 5.10. The standard InChI is InChI=1S/C10H6F3NO2S/c11-10(12,13)8-4-3-7(2-1-5-17)6-9(8)14(15)16/h3-4,6,17H,5H2. The molecule has 0 aliphatic heterocycles. The number of nitro groups is 1. The molecule has 0 aromatic heterocycles. The first kappa shape index (κ1) is 13.4. The molecule has 0 N–H and O–H groups in total. The van der Waals surface area contributed by atoms with Crippen molar-refractivity contribution in [3.63, 3.8) is 0 Å². The molecule has 0 saturated carbocycles. The second-order valence-electron chi connectivity index (χ2n) is 2.95. The molecule has 0 fully saturated rings. The lowest BCUT2D eigenvalue weighted by Crippen LogP contribution is -2.08. The van der Waals surface area contributed by atoms with Crippen molar-refractivity contribution in [1.29, 1.82) is 0 Å². The summed E-state index contributed by atoms with van der Waals surface area (Å²) >= 11 is 3.80. The lowest BCUT2D eigenvalue weighted by molar-refractivity contribution is -0.388. The molecule has 90 valence electrons. The Morgan fingerprint density at radius 2 is 2.06 bits per heavy atom. The highest BCUT2D eigenvalue weighted by molar-refractivity contribution is 7.80. The van der Waals surface area contributed by atoms with E-state index in [9.17, 15) is 23.3 Å². The molecule has 0 unspecified atom stereocenters. The van der Waals surface area contributed by atoms with Crippen LogP contribution in [0.5, 0.6) is 0 Å². The van der Waals surface area contributed by atoms with E-state index in [1.807, 2.05) is 0 Å². The number of rotatable bonds is 1. The summed E-state index contributed by atoms with van der Waals surface area (Å²) in [6, 6.07) is 2.55. The van der Waals surface area contributed by atoms with E-state index in [0.717, 1.165) is 12.1 Å². The largest absolute Gasteiger partial charge is 0.422 e. The van der Waals surface area contributed by atoms with Crippen molar-refractivity contribution in [2.45, 2.75) is 6.18 Å². The minimum atomic E-state index is -4.75. The summed E-state index contributed by atoms with van der Waals surface area (Å²) < 4.78 is 37.3. The molecule has 0 aliphatic carbocycles. The Morgan fingerprint density at radius 1 is 1.41 bits per heavy atom. The molecule has 7 heteroatoms. The summed E-state index contributed by atoms with van der Waals surface area (Å²) in [7, 11) is 0. The van der Waals surface area contributed by atoms with Crippen LogP contribution in [-0.2, 0) is 6.18 Å². The number of halogens is 3. The summed E-state index contributed by atoms with van der Waals surface area (Å²) in [5.74, 6) is 5.19. The van der Waals surface area contributed by atoms with Gasteiger partial charge in [0.15, 0.2) is 0 Å². The van der Waals surface area contributed by atoms with Crippen LogP contribution in [0.25, 0.3) is 0 Å². The van der Waals surface area contributed by atoms with E-state index in [0.29, 0.717) is 6.07 Å². The predicted molar refractivity (Wildman–Crippen MR) is 58.8 cm³/mol. The molecule has 17 heavy (non-hydrogen) atoms. The van der Waals surface area contributed by atoms with Gasteiger partial charge in [-0.3, -0.25) is 10.1 Å². The maximum absolute atomic E-state index is 12.4. The summed E-state index contributed by atoms with van der Waals surface area (Å²) in [6.07, 6.45) is -4.75. The summed E-state index contributed by atoms with van der Waals surface area (Å²) in [5, 5.41) is 10.5. The number of thiol groups is 1. The zero-order valence-corrected chi connectivity index (χ0v) is 9.18. The molecule has 0 aliphatic rings. The molecule has 0 heterocycles. The van der Waals surface area contributed by atoms with Gasteiger partial charge in [-0.1, -0.05) is 11.8 Å². The van der Waals surface area contributed by atoms with Crippen LogP contribution in [0.4, 0.5) is 18.9 Å². The molecular weight excluding hydrogens is 255 g/mol. The maximum Gasteiger partial charge on any atom is 0.422 e.